The lowest BCUT2D eigenvalue weighted by Crippen LogP contribution is -2.31. The third-order valence-corrected chi connectivity index (χ3v) is 2.97. The zero-order chi connectivity index (χ0) is 12.7. The van der Waals surface area contributed by atoms with Gasteiger partial charge in [-0.2, -0.15) is 0 Å². The van der Waals surface area contributed by atoms with Crippen molar-refractivity contribution in [2.75, 3.05) is 40.5 Å². The number of hydrogen-bond acceptors (Lipinski definition) is 4. The van der Waals surface area contributed by atoms with E-state index in [1.54, 1.807) is 20.4 Å². The number of imidazole rings is 1. The van der Waals surface area contributed by atoms with Gasteiger partial charge in [-0.25, -0.2) is 4.98 Å². The molecule has 0 atom stereocenters. The SMILES string of the molecule is COCCN(CCOC)Cc1ncc(Cl)n1C. The molecule has 0 bridgehead atoms. The van der Waals surface area contributed by atoms with Crippen molar-refractivity contribution in [1.82, 2.24) is 14.5 Å². The summed E-state index contributed by atoms with van der Waals surface area (Å²) in [4.78, 5) is 6.51. The Kier molecular flexibility index (Phi) is 6.50. The topological polar surface area (TPSA) is 39.5 Å². The van der Waals surface area contributed by atoms with E-state index >= 15 is 0 Å². The molecule has 1 rings (SSSR count). The number of methoxy groups -OCH3 is 2. The first-order valence-electron chi connectivity index (χ1n) is 5.55. The highest BCUT2D eigenvalue weighted by molar-refractivity contribution is 6.29. The second-order valence-electron chi connectivity index (χ2n) is 3.82. The second-order valence-corrected chi connectivity index (χ2v) is 4.21. The van der Waals surface area contributed by atoms with Gasteiger partial charge in [0.25, 0.3) is 0 Å². The lowest BCUT2D eigenvalue weighted by atomic mass is 10.4. The average Bonchev–Trinajstić information content (AvgIpc) is 2.64. The molecule has 0 aliphatic rings. The van der Waals surface area contributed by atoms with Crippen LogP contribution in [0.25, 0.3) is 0 Å². The van der Waals surface area contributed by atoms with E-state index in [-0.39, 0.29) is 0 Å². The molecule has 0 spiro atoms. The van der Waals surface area contributed by atoms with Crippen LogP contribution in [0.1, 0.15) is 5.82 Å². The van der Waals surface area contributed by atoms with Crippen LogP contribution in [0.2, 0.25) is 5.15 Å². The highest BCUT2D eigenvalue weighted by Gasteiger charge is 2.10. The minimum Gasteiger partial charge on any atom is -0.383 e. The first-order chi connectivity index (χ1) is 8.19. The molecule has 0 N–H and O–H groups in total. The van der Waals surface area contributed by atoms with E-state index in [4.69, 9.17) is 21.1 Å². The van der Waals surface area contributed by atoms with Crippen LogP contribution < -0.4 is 0 Å². The molecule has 0 fully saturated rings. The number of rotatable bonds is 8. The Labute approximate surface area is 107 Å². The van der Waals surface area contributed by atoms with E-state index in [9.17, 15) is 0 Å². The standard InChI is InChI=1S/C11H20ClN3O2/c1-14-10(12)8-13-11(14)9-15(4-6-16-2)5-7-17-3/h8H,4-7,9H2,1-3H3. The van der Waals surface area contributed by atoms with Gasteiger partial charge >= 0.3 is 0 Å². The van der Waals surface area contributed by atoms with Crippen molar-refractivity contribution >= 4 is 11.6 Å². The maximum absolute atomic E-state index is 5.95. The molecule has 0 aliphatic carbocycles. The summed E-state index contributed by atoms with van der Waals surface area (Å²) in [6.07, 6.45) is 1.67. The molecular weight excluding hydrogens is 242 g/mol. The van der Waals surface area contributed by atoms with E-state index in [1.165, 1.54) is 0 Å². The van der Waals surface area contributed by atoms with Gasteiger partial charge in [-0.3, -0.25) is 4.90 Å². The van der Waals surface area contributed by atoms with Crippen molar-refractivity contribution in [1.29, 1.82) is 0 Å². The molecule has 98 valence electrons. The molecule has 0 saturated carbocycles. The van der Waals surface area contributed by atoms with E-state index in [0.29, 0.717) is 18.4 Å². The van der Waals surface area contributed by atoms with Gasteiger partial charge in [0.05, 0.1) is 26.0 Å². The summed E-state index contributed by atoms with van der Waals surface area (Å²) in [5.74, 6) is 0.946. The smallest absolute Gasteiger partial charge is 0.128 e. The largest absolute Gasteiger partial charge is 0.383 e. The lowest BCUT2D eigenvalue weighted by Gasteiger charge is -2.21. The highest BCUT2D eigenvalue weighted by atomic mass is 35.5. The van der Waals surface area contributed by atoms with Crippen LogP contribution in [0.15, 0.2) is 6.20 Å². The van der Waals surface area contributed by atoms with E-state index in [0.717, 1.165) is 25.5 Å². The van der Waals surface area contributed by atoms with Crippen molar-refractivity contribution in [2.24, 2.45) is 7.05 Å². The van der Waals surface area contributed by atoms with Crippen molar-refractivity contribution in [3.8, 4) is 0 Å². The second kappa shape index (κ2) is 7.66. The summed E-state index contributed by atoms with van der Waals surface area (Å²) in [5.41, 5.74) is 0. The minimum absolute atomic E-state index is 0.651. The van der Waals surface area contributed by atoms with Gasteiger partial charge in [-0.15, -0.1) is 0 Å². The summed E-state index contributed by atoms with van der Waals surface area (Å²) in [5, 5.41) is 0.651. The van der Waals surface area contributed by atoms with Gasteiger partial charge in [-0.1, -0.05) is 11.6 Å². The fourth-order valence-electron chi connectivity index (χ4n) is 1.48. The third kappa shape index (κ3) is 4.63. The van der Waals surface area contributed by atoms with Crippen molar-refractivity contribution in [2.45, 2.75) is 6.54 Å². The van der Waals surface area contributed by atoms with Crippen LogP contribution in [0.4, 0.5) is 0 Å². The Balaban J connectivity index is 2.54. The zero-order valence-corrected chi connectivity index (χ0v) is 11.4. The summed E-state index contributed by atoms with van der Waals surface area (Å²) >= 11 is 5.95. The Morgan fingerprint density at radius 2 is 1.88 bits per heavy atom. The van der Waals surface area contributed by atoms with Crippen LogP contribution in [-0.4, -0.2) is 55.0 Å². The van der Waals surface area contributed by atoms with E-state index in [1.807, 2.05) is 11.6 Å². The molecule has 6 heteroatoms. The van der Waals surface area contributed by atoms with Crippen LogP contribution >= 0.6 is 11.6 Å². The number of hydrogen-bond donors (Lipinski definition) is 0. The molecular formula is C11H20ClN3O2. The van der Waals surface area contributed by atoms with Crippen molar-refractivity contribution in [3.63, 3.8) is 0 Å². The number of halogens is 1. The quantitative estimate of drug-likeness (QED) is 0.704. The van der Waals surface area contributed by atoms with Crippen molar-refractivity contribution < 1.29 is 9.47 Å². The van der Waals surface area contributed by atoms with E-state index in [2.05, 4.69) is 9.88 Å². The van der Waals surface area contributed by atoms with Crippen LogP contribution in [0.5, 0.6) is 0 Å². The minimum atomic E-state index is 0.651. The Bertz CT molecular complexity index is 323. The van der Waals surface area contributed by atoms with Gasteiger partial charge in [-0.05, 0) is 0 Å². The highest BCUT2D eigenvalue weighted by Crippen LogP contribution is 2.10. The van der Waals surface area contributed by atoms with Gasteiger partial charge < -0.3 is 14.0 Å². The summed E-state index contributed by atoms with van der Waals surface area (Å²) < 4.78 is 12.1. The fourth-order valence-corrected chi connectivity index (χ4v) is 1.63. The number of nitrogens with zero attached hydrogens (tertiary/aromatic N) is 3. The van der Waals surface area contributed by atoms with Gasteiger partial charge in [0.1, 0.15) is 11.0 Å². The molecule has 0 amide bonds. The van der Waals surface area contributed by atoms with Gasteiger partial charge in [0.2, 0.25) is 0 Å². The monoisotopic (exact) mass is 261 g/mol. The molecule has 0 aliphatic heterocycles. The summed E-state index contributed by atoms with van der Waals surface area (Å²) in [6.45, 7) is 3.84. The Morgan fingerprint density at radius 3 is 2.29 bits per heavy atom. The molecule has 5 nitrogen and oxygen atoms in total. The molecule has 17 heavy (non-hydrogen) atoms. The predicted octanol–water partition coefficient (Wildman–Crippen LogP) is 1.17. The Hall–Kier alpha value is -0.620. The van der Waals surface area contributed by atoms with E-state index < -0.39 is 0 Å². The molecule has 0 radical (unpaired) electrons. The van der Waals surface area contributed by atoms with Crippen LogP contribution in [-0.2, 0) is 23.1 Å². The van der Waals surface area contributed by atoms with Gasteiger partial charge in [0.15, 0.2) is 0 Å². The fraction of sp³-hybridized carbons (Fsp3) is 0.727. The van der Waals surface area contributed by atoms with Crippen LogP contribution in [0.3, 0.4) is 0 Å². The lowest BCUT2D eigenvalue weighted by molar-refractivity contribution is 0.108. The Morgan fingerprint density at radius 1 is 1.29 bits per heavy atom. The average molecular weight is 262 g/mol. The first-order valence-corrected chi connectivity index (χ1v) is 5.93. The molecule has 1 aromatic heterocycles. The zero-order valence-electron chi connectivity index (χ0n) is 10.6. The maximum atomic E-state index is 5.95. The molecule has 0 unspecified atom stereocenters. The van der Waals surface area contributed by atoms with Gasteiger partial charge in [0, 0.05) is 34.4 Å². The van der Waals surface area contributed by atoms with Crippen LogP contribution in [0, 0.1) is 0 Å². The summed E-state index contributed by atoms with van der Waals surface area (Å²) in [7, 11) is 5.31. The molecule has 1 aromatic rings. The molecule has 1 heterocycles. The first kappa shape index (κ1) is 14.4. The number of aromatic nitrogens is 2. The predicted molar refractivity (Wildman–Crippen MR) is 67.2 cm³/mol. The molecule has 0 saturated heterocycles. The normalized spacial score (nSPS) is 11.4. The maximum Gasteiger partial charge on any atom is 0.128 e. The third-order valence-electron chi connectivity index (χ3n) is 2.62. The number of ether oxygens (including phenoxy) is 2. The summed E-state index contributed by atoms with van der Waals surface area (Å²) in [6, 6.07) is 0. The molecule has 0 aromatic carbocycles. The van der Waals surface area contributed by atoms with Crippen molar-refractivity contribution in [3.05, 3.63) is 17.2 Å².